The van der Waals surface area contributed by atoms with Crippen LogP contribution in [0.4, 0.5) is 0 Å². The SMILES string of the molecule is CCCCC(C(=O)OC)(C(=O)OC)c1cc(C(C)(C)C)c(O)c(C(C)(C)C)c1. The van der Waals surface area contributed by atoms with Crippen LogP contribution in [0.15, 0.2) is 12.1 Å². The third kappa shape index (κ3) is 4.50. The van der Waals surface area contributed by atoms with Crippen LogP contribution in [0.25, 0.3) is 0 Å². The molecule has 28 heavy (non-hydrogen) atoms. The van der Waals surface area contributed by atoms with E-state index in [1.54, 1.807) is 12.1 Å². The molecule has 1 N–H and O–H groups in total. The van der Waals surface area contributed by atoms with Crippen molar-refractivity contribution >= 4 is 11.9 Å². The van der Waals surface area contributed by atoms with Crippen molar-refractivity contribution in [3.63, 3.8) is 0 Å². The number of phenolic OH excluding ortho intramolecular Hbond substituents is 1. The molecule has 0 spiro atoms. The van der Waals surface area contributed by atoms with E-state index in [-0.39, 0.29) is 23.0 Å². The number of carbonyl (C=O) groups is 2. The minimum absolute atomic E-state index is 0.197. The maximum atomic E-state index is 13.0. The van der Waals surface area contributed by atoms with Gasteiger partial charge in [-0.05, 0) is 46.1 Å². The van der Waals surface area contributed by atoms with Crippen LogP contribution < -0.4 is 0 Å². The zero-order chi connectivity index (χ0) is 21.9. The highest BCUT2D eigenvalue weighted by molar-refractivity contribution is 6.06. The summed E-state index contributed by atoms with van der Waals surface area (Å²) in [6.45, 7) is 13.9. The Bertz CT molecular complexity index is 668. The van der Waals surface area contributed by atoms with E-state index >= 15 is 0 Å². The molecule has 0 aliphatic heterocycles. The fourth-order valence-corrected chi connectivity index (χ4v) is 3.48. The van der Waals surface area contributed by atoms with Crippen LogP contribution in [-0.4, -0.2) is 31.3 Å². The molecule has 158 valence electrons. The molecule has 0 unspecified atom stereocenters. The quantitative estimate of drug-likeness (QED) is 0.558. The molecule has 1 rings (SSSR count). The first-order valence-electron chi connectivity index (χ1n) is 9.82. The minimum Gasteiger partial charge on any atom is -0.507 e. The molecule has 0 fully saturated rings. The summed E-state index contributed by atoms with van der Waals surface area (Å²) in [6.07, 6.45) is 1.74. The number of esters is 2. The van der Waals surface area contributed by atoms with E-state index in [9.17, 15) is 14.7 Å². The smallest absolute Gasteiger partial charge is 0.327 e. The summed E-state index contributed by atoms with van der Waals surface area (Å²) in [6, 6.07) is 3.52. The van der Waals surface area contributed by atoms with Gasteiger partial charge in [-0.25, -0.2) is 0 Å². The summed E-state index contributed by atoms with van der Waals surface area (Å²) in [5.74, 6) is -1.08. The lowest BCUT2D eigenvalue weighted by molar-refractivity contribution is -0.162. The highest BCUT2D eigenvalue weighted by Gasteiger charge is 2.50. The maximum Gasteiger partial charge on any atom is 0.327 e. The molecule has 0 aromatic heterocycles. The largest absolute Gasteiger partial charge is 0.507 e. The Balaban J connectivity index is 4.01. The standard InChI is InChI=1S/C23H36O5/c1-10-11-12-23(19(25)27-8,20(26)28-9)15-13-16(21(2,3)4)18(24)17(14-15)22(5,6)7/h13-14,24H,10-12H2,1-9H3. The lowest BCUT2D eigenvalue weighted by Crippen LogP contribution is -2.46. The van der Waals surface area contributed by atoms with Crippen LogP contribution in [0.2, 0.25) is 0 Å². The molecule has 0 aliphatic carbocycles. The van der Waals surface area contributed by atoms with Crippen molar-refractivity contribution in [2.24, 2.45) is 0 Å². The Kier molecular flexibility index (Phi) is 7.32. The van der Waals surface area contributed by atoms with Gasteiger partial charge in [0.05, 0.1) is 14.2 Å². The topological polar surface area (TPSA) is 72.8 Å². The van der Waals surface area contributed by atoms with Crippen LogP contribution >= 0.6 is 0 Å². The molecule has 0 aliphatic rings. The highest BCUT2D eigenvalue weighted by Crippen LogP contribution is 2.44. The fourth-order valence-electron chi connectivity index (χ4n) is 3.48. The van der Waals surface area contributed by atoms with Crippen molar-refractivity contribution in [1.29, 1.82) is 0 Å². The van der Waals surface area contributed by atoms with Crippen molar-refractivity contribution in [2.75, 3.05) is 14.2 Å². The first-order valence-corrected chi connectivity index (χ1v) is 9.82. The maximum absolute atomic E-state index is 13.0. The summed E-state index contributed by atoms with van der Waals surface area (Å²) in [7, 11) is 2.56. The summed E-state index contributed by atoms with van der Waals surface area (Å²) in [4.78, 5) is 25.9. The Morgan fingerprint density at radius 3 is 1.57 bits per heavy atom. The molecule has 5 heteroatoms. The molecule has 0 radical (unpaired) electrons. The van der Waals surface area contributed by atoms with E-state index in [1.807, 2.05) is 48.5 Å². The second kappa shape index (κ2) is 8.54. The molecule has 0 amide bonds. The number of methoxy groups -OCH3 is 2. The number of phenols is 1. The number of hydrogen-bond acceptors (Lipinski definition) is 5. The number of ether oxygens (including phenoxy) is 2. The van der Waals surface area contributed by atoms with E-state index < -0.39 is 17.4 Å². The molecule has 5 nitrogen and oxygen atoms in total. The number of rotatable bonds is 6. The lowest BCUT2D eigenvalue weighted by Gasteiger charge is -2.33. The first-order chi connectivity index (χ1) is 12.8. The van der Waals surface area contributed by atoms with Gasteiger partial charge in [-0.3, -0.25) is 9.59 Å². The predicted octanol–water partition coefficient (Wildman–Crippen LogP) is 4.76. The minimum atomic E-state index is -1.56. The van der Waals surface area contributed by atoms with Crippen molar-refractivity contribution < 1.29 is 24.2 Å². The van der Waals surface area contributed by atoms with Crippen molar-refractivity contribution in [1.82, 2.24) is 0 Å². The van der Waals surface area contributed by atoms with Gasteiger partial charge in [0.1, 0.15) is 5.75 Å². The summed E-state index contributed by atoms with van der Waals surface area (Å²) >= 11 is 0. The number of unbranched alkanes of at least 4 members (excludes halogenated alkanes) is 1. The number of aromatic hydroxyl groups is 1. The second-order valence-electron chi connectivity index (χ2n) is 9.41. The Morgan fingerprint density at radius 2 is 1.29 bits per heavy atom. The van der Waals surface area contributed by atoms with Crippen molar-refractivity contribution in [3.05, 3.63) is 28.8 Å². The van der Waals surface area contributed by atoms with Gasteiger partial charge in [-0.2, -0.15) is 0 Å². The first kappa shape index (κ1) is 24.0. The van der Waals surface area contributed by atoms with Crippen LogP contribution in [-0.2, 0) is 35.3 Å². The monoisotopic (exact) mass is 392 g/mol. The highest BCUT2D eigenvalue weighted by atomic mass is 16.5. The average molecular weight is 393 g/mol. The normalized spacial score (nSPS) is 12.6. The van der Waals surface area contributed by atoms with Gasteiger partial charge in [-0.1, -0.05) is 61.3 Å². The molecule has 0 saturated carbocycles. The third-order valence-corrected chi connectivity index (χ3v) is 5.19. The van der Waals surface area contributed by atoms with Crippen molar-refractivity contribution in [3.8, 4) is 5.75 Å². The van der Waals surface area contributed by atoms with Gasteiger partial charge in [0.2, 0.25) is 0 Å². The van der Waals surface area contributed by atoms with Crippen LogP contribution in [0.3, 0.4) is 0 Å². The van der Waals surface area contributed by atoms with E-state index in [2.05, 4.69) is 0 Å². The van der Waals surface area contributed by atoms with E-state index in [4.69, 9.17) is 9.47 Å². The van der Waals surface area contributed by atoms with Gasteiger partial charge < -0.3 is 14.6 Å². The molecule has 1 aromatic rings. The molecule has 0 bridgehead atoms. The molecular formula is C23H36O5. The zero-order valence-corrected chi connectivity index (χ0v) is 18.9. The predicted molar refractivity (Wildman–Crippen MR) is 111 cm³/mol. The Labute approximate surface area is 169 Å². The van der Waals surface area contributed by atoms with Crippen molar-refractivity contribution in [2.45, 2.75) is 84.0 Å². The van der Waals surface area contributed by atoms with E-state index in [0.717, 1.165) is 6.42 Å². The lowest BCUT2D eigenvalue weighted by atomic mass is 9.71. The Morgan fingerprint density at radius 1 is 0.893 bits per heavy atom. The molecule has 0 saturated heterocycles. The Hall–Kier alpha value is -2.04. The summed E-state index contributed by atoms with van der Waals surface area (Å²) < 4.78 is 10.1. The van der Waals surface area contributed by atoms with Gasteiger partial charge in [0.15, 0.2) is 5.41 Å². The van der Waals surface area contributed by atoms with E-state index in [0.29, 0.717) is 23.1 Å². The average Bonchev–Trinajstić information content (AvgIpc) is 2.60. The molecule has 0 heterocycles. The fraction of sp³-hybridized carbons (Fsp3) is 0.652. The van der Waals surface area contributed by atoms with Gasteiger partial charge in [0.25, 0.3) is 0 Å². The third-order valence-electron chi connectivity index (χ3n) is 5.19. The van der Waals surface area contributed by atoms with Crippen LogP contribution in [0, 0.1) is 0 Å². The van der Waals surface area contributed by atoms with Gasteiger partial charge in [0, 0.05) is 0 Å². The van der Waals surface area contributed by atoms with Gasteiger partial charge >= 0.3 is 11.9 Å². The number of benzene rings is 1. The van der Waals surface area contributed by atoms with Crippen LogP contribution in [0.1, 0.15) is 84.4 Å². The van der Waals surface area contributed by atoms with E-state index in [1.165, 1.54) is 14.2 Å². The number of carbonyl (C=O) groups excluding carboxylic acids is 2. The summed E-state index contributed by atoms with van der Waals surface area (Å²) in [5, 5.41) is 11.0. The van der Waals surface area contributed by atoms with Crippen LogP contribution in [0.5, 0.6) is 5.75 Å². The zero-order valence-electron chi connectivity index (χ0n) is 18.9. The second-order valence-corrected chi connectivity index (χ2v) is 9.41. The summed E-state index contributed by atoms with van der Waals surface area (Å²) in [5.41, 5.74) is -0.460. The number of hydrogen-bond donors (Lipinski definition) is 1. The van der Waals surface area contributed by atoms with Gasteiger partial charge in [-0.15, -0.1) is 0 Å². The molecular weight excluding hydrogens is 356 g/mol. The molecule has 1 aromatic carbocycles. The molecule has 0 atom stereocenters.